The molecule has 0 atom stereocenters. The van der Waals surface area contributed by atoms with Gasteiger partial charge in [-0.2, -0.15) is 11.3 Å². The Kier molecular flexibility index (Phi) is 6.75. The van der Waals surface area contributed by atoms with Gasteiger partial charge >= 0.3 is 0 Å². The van der Waals surface area contributed by atoms with Crippen molar-refractivity contribution in [1.82, 2.24) is 15.0 Å². The predicted octanol–water partition coefficient (Wildman–Crippen LogP) is 4.31. The lowest BCUT2D eigenvalue weighted by Gasteiger charge is -2.10. The van der Waals surface area contributed by atoms with Gasteiger partial charge in [-0.25, -0.2) is 0 Å². The Morgan fingerprint density at radius 2 is 2.00 bits per heavy atom. The molecule has 2 aromatic heterocycles. The average molecular weight is 463 g/mol. The molecule has 0 aliphatic carbocycles. The number of aromatic nitrogens is 3. The van der Waals surface area contributed by atoms with Crippen LogP contribution in [0, 0.1) is 10.1 Å². The normalized spacial score (nSPS) is 10.8. The van der Waals surface area contributed by atoms with Gasteiger partial charge in [-0.3, -0.25) is 19.6 Å². The molecule has 0 saturated heterocycles. The van der Waals surface area contributed by atoms with E-state index in [1.807, 2.05) is 29.0 Å². The maximum absolute atomic E-state index is 12.5. The number of para-hydroxylation sites is 1. The van der Waals surface area contributed by atoms with E-state index in [4.69, 9.17) is 5.73 Å². The molecule has 0 bridgehead atoms. The summed E-state index contributed by atoms with van der Waals surface area (Å²) in [5.41, 5.74) is 10.6. The van der Waals surface area contributed by atoms with E-state index >= 15 is 0 Å². The zero-order valence-electron chi connectivity index (χ0n) is 17.7. The molecule has 10 heteroatoms. The number of nitrogens with two attached hydrogens (primary N) is 1. The highest BCUT2D eigenvalue weighted by Gasteiger charge is 2.13. The number of rotatable bonds is 9. The SMILES string of the molecule is Nc1ccc(-c2ccsc2)cc1NC(=O)CCc1cn(CCc2ccccc2[N+](=O)[O-])nn1. The molecular weight excluding hydrogens is 440 g/mol. The van der Waals surface area contributed by atoms with Crippen LogP contribution in [0.15, 0.2) is 65.5 Å². The van der Waals surface area contributed by atoms with E-state index in [9.17, 15) is 14.9 Å². The maximum Gasteiger partial charge on any atom is 0.272 e. The number of carbonyl (C=O) groups is 1. The van der Waals surface area contributed by atoms with E-state index < -0.39 is 0 Å². The minimum absolute atomic E-state index is 0.0943. The lowest BCUT2D eigenvalue weighted by molar-refractivity contribution is -0.385. The number of nitro benzene ring substituents is 1. The van der Waals surface area contributed by atoms with Crippen molar-refractivity contribution in [3.05, 3.63) is 86.9 Å². The standard InChI is InChI=1S/C23H22N6O3S/c24-20-7-5-17(18-10-12-33-15-18)13-21(20)25-23(30)8-6-19-14-28(27-26-19)11-9-16-3-1-2-4-22(16)29(31)32/h1-5,7,10,12-15H,6,8-9,11,24H2,(H,25,30). The molecule has 2 heterocycles. The lowest BCUT2D eigenvalue weighted by Crippen LogP contribution is -2.13. The number of nitrogens with zero attached hydrogens (tertiary/aromatic N) is 4. The van der Waals surface area contributed by atoms with Crippen molar-refractivity contribution >= 4 is 34.3 Å². The average Bonchev–Trinajstić information content (AvgIpc) is 3.50. The molecule has 1 amide bonds. The van der Waals surface area contributed by atoms with Gasteiger partial charge in [0.15, 0.2) is 0 Å². The summed E-state index contributed by atoms with van der Waals surface area (Å²) < 4.78 is 1.63. The summed E-state index contributed by atoms with van der Waals surface area (Å²) in [5, 5.41) is 26.2. The zero-order chi connectivity index (χ0) is 23.2. The Morgan fingerprint density at radius 3 is 2.79 bits per heavy atom. The smallest absolute Gasteiger partial charge is 0.272 e. The minimum atomic E-state index is -0.385. The van der Waals surface area contributed by atoms with Gasteiger partial charge in [0.2, 0.25) is 5.91 Å². The lowest BCUT2D eigenvalue weighted by atomic mass is 10.1. The van der Waals surface area contributed by atoms with Crippen LogP contribution in [-0.4, -0.2) is 25.8 Å². The molecule has 168 valence electrons. The first-order chi connectivity index (χ1) is 16.0. The van der Waals surface area contributed by atoms with Crippen LogP contribution in [0.1, 0.15) is 17.7 Å². The van der Waals surface area contributed by atoms with E-state index in [0.29, 0.717) is 42.0 Å². The van der Waals surface area contributed by atoms with Crippen molar-refractivity contribution < 1.29 is 9.72 Å². The second kappa shape index (κ2) is 10.0. The van der Waals surface area contributed by atoms with Crippen molar-refractivity contribution in [2.24, 2.45) is 0 Å². The number of nitrogens with one attached hydrogen (secondary N) is 1. The summed E-state index contributed by atoms with van der Waals surface area (Å²) in [7, 11) is 0. The van der Waals surface area contributed by atoms with Crippen LogP contribution in [0.25, 0.3) is 11.1 Å². The fourth-order valence-corrected chi connectivity index (χ4v) is 4.09. The summed E-state index contributed by atoms with van der Waals surface area (Å²) in [5.74, 6) is -0.168. The maximum atomic E-state index is 12.5. The summed E-state index contributed by atoms with van der Waals surface area (Å²) in [6.07, 6.45) is 2.86. The van der Waals surface area contributed by atoms with Crippen molar-refractivity contribution in [2.45, 2.75) is 25.8 Å². The largest absolute Gasteiger partial charge is 0.397 e. The molecule has 0 spiro atoms. The number of benzene rings is 2. The fourth-order valence-electron chi connectivity index (χ4n) is 3.42. The minimum Gasteiger partial charge on any atom is -0.397 e. The molecule has 0 aliphatic rings. The molecule has 33 heavy (non-hydrogen) atoms. The summed E-state index contributed by atoms with van der Waals surface area (Å²) in [6, 6.07) is 14.2. The van der Waals surface area contributed by atoms with E-state index in [0.717, 1.165) is 11.1 Å². The third-order valence-electron chi connectivity index (χ3n) is 5.17. The predicted molar refractivity (Wildman–Crippen MR) is 128 cm³/mol. The van der Waals surface area contributed by atoms with Gasteiger partial charge in [-0.1, -0.05) is 29.5 Å². The molecule has 3 N–H and O–H groups in total. The van der Waals surface area contributed by atoms with E-state index in [2.05, 4.69) is 15.6 Å². The Bertz CT molecular complexity index is 1270. The summed E-state index contributed by atoms with van der Waals surface area (Å²) in [6.45, 7) is 0.454. The van der Waals surface area contributed by atoms with Gasteiger partial charge in [0, 0.05) is 37.2 Å². The molecule has 9 nitrogen and oxygen atoms in total. The number of hydrogen-bond acceptors (Lipinski definition) is 7. The van der Waals surface area contributed by atoms with Crippen molar-refractivity contribution in [1.29, 1.82) is 0 Å². The van der Waals surface area contributed by atoms with Crippen LogP contribution < -0.4 is 11.1 Å². The first kappa shape index (κ1) is 22.2. The monoisotopic (exact) mass is 462 g/mol. The van der Waals surface area contributed by atoms with Crippen LogP contribution >= 0.6 is 11.3 Å². The third kappa shape index (κ3) is 5.60. The van der Waals surface area contributed by atoms with Crippen LogP contribution in [0.3, 0.4) is 0 Å². The number of amides is 1. The van der Waals surface area contributed by atoms with Crippen molar-refractivity contribution in [3.8, 4) is 11.1 Å². The number of aryl methyl sites for hydroxylation is 3. The van der Waals surface area contributed by atoms with Crippen LogP contribution in [0.4, 0.5) is 17.1 Å². The Balaban J connectivity index is 1.31. The van der Waals surface area contributed by atoms with Gasteiger partial charge in [-0.15, -0.1) is 5.10 Å². The number of hydrogen-bond donors (Lipinski definition) is 2. The number of nitro groups is 1. The molecule has 0 fully saturated rings. The topological polar surface area (TPSA) is 129 Å². The Hall–Kier alpha value is -4.05. The van der Waals surface area contributed by atoms with Gasteiger partial charge < -0.3 is 11.1 Å². The number of nitrogen functional groups attached to an aromatic ring is 1. The van der Waals surface area contributed by atoms with Crippen molar-refractivity contribution in [3.63, 3.8) is 0 Å². The van der Waals surface area contributed by atoms with Gasteiger partial charge in [0.1, 0.15) is 0 Å². The van der Waals surface area contributed by atoms with Gasteiger partial charge in [-0.05, 0) is 46.5 Å². The highest BCUT2D eigenvalue weighted by Crippen LogP contribution is 2.28. The molecule has 0 unspecified atom stereocenters. The van der Waals surface area contributed by atoms with E-state index in [1.54, 1.807) is 46.5 Å². The van der Waals surface area contributed by atoms with Gasteiger partial charge in [0.05, 0.1) is 22.0 Å². The summed E-state index contributed by atoms with van der Waals surface area (Å²) in [4.78, 5) is 23.2. The number of thiophene rings is 1. The Labute approximate surface area is 194 Å². The molecular formula is C23H22N6O3S. The second-order valence-corrected chi connectivity index (χ2v) is 8.25. The van der Waals surface area contributed by atoms with Crippen LogP contribution in [-0.2, 0) is 24.2 Å². The number of carbonyl (C=O) groups excluding carboxylic acids is 1. The Morgan fingerprint density at radius 1 is 1.15 bits per heavy atom. The summed E-state index contributed by atoms with van der Waals surface area (Å²) >= 11 is 1.61. The number of anilines is 2. The van der Waals surface area contributed by atoms with Crippen LogP contribution in [0.5, 0.6) is 0 Å². The van der Waals surface area contributed by atoms with E-state index in [-0.39, 0.29) is 22.9 Å². The second-order valence-electron chi connectivity index (χ2n) is 7.47. The highest BCUT2D eigenvalue weighted by molar-refractivity contribution is 7.08. The molecule has 4 rings (SSSR count). The highest BCUT2D eigenvalue weighted by atomic mass is 32.1. The quantitative estimate of drug-likeness (QED) is 0.217. The first-order valence-electron chi connectivity index (χ1n) is 10.3. The van der Waals surface area contributed by atoms with E-state index in [1.165, 1.54) is 6.07 Å². The zero-order valence-corrected chi connectivity index (χ0v) is 18.5. The van der Waals surface area contributed by atoms with Gasteiger partial charge in [0.25, 0.3) is 5.69 Å². The molecule has 2 aromatic carbocycles. The molecule has 0 radical (unpaired) electrons. The van der Waals surface area contributed by atoms with Crippen LogP contribution in [0.2, 0.25) is 0 Å². The van der Waals surface area contributed by atoms with Crippen molar-refractivity contribution in [2.75, 3.05) is 11.1 Å². The third-order valence-corrected chi connectivity index (χ3v) is 5.86. The molecule has 0 aliphatic heterocycles. The first-order valence-corrected chi connectivity index (χ1v) is 11.3. The molecule has 0 saturated carbocycles. The fraction of sp³-hybridized carbons (Fsp3) is 0.174. The molecule has 4 aromatic rings.